The van der Waals surface area contributed by atoms with Gasteiger partial charge in [0.1, 0.15) is 11.9 Å². The van der Waals surface area contributed by atoms with Gasteiger partial charge in [-0.25, -0.2) is 9.07 Å². The fourth-order valence-corrected chi connectivity index (χ4v) is 2.82. The Morgan fingerprint density at radius 1 is 1.25 bits per heavy atom. The Morgan fingerprint density at radius 2 is 1.96 bits per heavy atom. The average molecular weight is 317 g/mol. The molecular weight excluding hydrogens is 301 g/mol. The molecule has 0 aliphatic carbocycles. The molecule has 0 atom stereocenters. The Labute approximate surface area is 140 Å². The van der Waals surface area contributed by atoms with Crippen molar-refractivity contribution < 1.29 is 4.39 Å². The maximum absolute atomic E-state index is 14.4. The first-order valence-electron chi connectivity index (χ1n) is 7.53. The minimum absolute atomic E-state index is 0.309. The molecule has 24 heavy (non-hydrogen) atoms. The second kappa shape index (κ2) is 6.13. The number of nitrogens with zero attached hydrogens (tertiary/aromatic N) is 3. The molecule has 0 aliphatic heterocycles. The lowest BCUT2D eigenvalue weighted by atomic mass is 10.0. The summed E-state index contributed by atoms with van der Waals surface area (Å²) in [7, 11) is 0. The number of benzene rings is 2. The van der Waals surface area contributed by atoms with Crippen molar-refractivity contribution in [3.63, 3.8) is 0 Å². The fraction of sp³-hybridized carbons (Fsp3) is 0.100. The van der Waals surface area contributed by atoms with Crippen LogP contribution in [0.5, 0.6) is 0 Å². The molecule has 0 unspecified atom stereocenters. The Bertz CT molecular complexity index is 939. The zero-order chi connectivity index (χ0) is 17.3. The van der Waals surface area contributed by atoms with Crippen molar-refractivity contribution in [2.45, 2.75) is 13.8 Å². The van der Waals surface area contributed by atoms with E-state index in [1.54, 1.807) is 17.8 Å². The third kappa shape index (κ3) is 2.72. The van der Waals surface area contributed by atoms with Gasteiger partial charge in [-0.05, 0) is 36.6 Å². The van der Waals surface area contributed by atoms with Crippen LogP contribution in [0.25, 0.3) is 22.4 Å². The Balaban J connectivity index is 2.14. The van der Waals surface area contributed by atoms with Gasteiger partial charge in [0.2, 0.25) is 0 Å². The molecule has 2 aromatic carbocycles. The highest BCUT2D eigenvalue weighted by atomic mass is 19.1. The van der Waals surface area contributed by atoms with E-state index in [1.165, 1.54) is 6.07 Å². The lowest BCUT2D eigenvalue weighted by Crippen LogP contribution is -2.00. The molecule has 0 spiro atoms. The molecule has 4 heteroatoms. The van der Waals surface area contributed by atoms with Gasteiger partial charge >= 0.3 is 0 Å². The molecule has 0 amide bonds. The number of halogens is 1. The van der Waals surface area contributed by atoms with Crippen LogP contribution in [-0.2, 0) is 0 Å². The quantitative estimate of drug-likeness (QED) is 0.690. The van der Waals surface area contributed by atoms with Crippen molar-refractivity contribution in [1.82, 2.24) is 9.78 Å². The van der Waals surface area contributed by atoms with E-state index in [2.05, 4.69) is 17.7 Å². The number of aryl methyl sites for hydroxylation is 1. The van der Waals surface area contributed by atoms with E-state index in [1.807, 2.05) is 43.3 Å². The normalized spacial score (nSPS) is 10.4. The van der Waals surface area contributed by atoms with E-state index in [-0.39, 0.29) is 5.82 Å². The zero-order valence-electron chi connectivity index (χ0n) is 13.5. The predicted octanol–water partition coefficient (Wildman–Crippen LogP) is 4.89. The SMILES string of the molecule is C=C(C)c1c(C)cc(-n2cc(-c3ccccc3)c(C#N)n2)cc1F. The van der Waals surface area contributed by atoms with Crippen LogP contribution < -0.4 is 0 Å². The lowest BCUT2D eigenvalue weighted by molar-refractivity contribution is 0.620. The van der Waals surface area contributed by atoms with Crippen LogP contribution in [0, 0.1) is 24.1 Å². The van der Waals surface area contributed by atoms with Gasteiger partial charge in [0.25, 0.3) is 0 Å². The molecule has 0 bridgehead atoms. The molecule has 3 nitrogen and oxygen atoms in total. The number of aromatic nitrogens is 2. The monoisotopic (exact) mass is 317 g/mol. The molecule has 0 N–H and O–H groups in total. The highest BCUT2D eigenvalue weighted by Crippen LogP contribution is 2.27. The number of allylic oxidation sites excluding steroid dienone is 1. The standard InChI is InChI=1S/C20H16FN3/c1-13(2)20-14(3)9-16(10-18(20)21)24-12-17(19(11-22)23-24)15-7-5-4-6-8-15/h4-10,12H,1H2,2-3H3. The van der Waals surface area contributed by atoms with Crippen LogP contribution >= 0.6 is 0 Å². The molecular formula is C20H16FN3. The van der Waals surface area contributed by atoms with Crippen molar-refractivity contribution >= 4 is 5.57 Å². The van der Waals surface area contributed by atoms with Crippen LogP contribution in [0.4, 0.5) is 4.39 Å². The summed E-state index contributed by atoms with van der Waals surface area (Å²) < 4.78 is 15.9. The molecule has 3 rings (SSSR count). The van der Waals surface area contributed by atoms with Gasteiger partial charge in [-0.3, -0.25) is 0 Å². The summed E-state index contributed by atoms with van der Waals surface area (Å²) in [6.45, 7) is 7.43. The summed E-state index contributed by atoms with van der Waals surface area (Å²) in [6.07, 6.45) is 1.75. The number of hydrogen-bond acceptors (Lipinski definition) is 2. The first-order valence-corrected chi connectivity index (χ1v) is 7.53. The van der Waals surface area contributed by atoms with Gasteiger partial charge in [-0.15, -0.1) is 0 Å². The summed E-state index contributed by atoms with van der Waals surface area (Å²) in [6, 6.07) is 14.9. The van der Waals surface area contributed by atoms with E-state index in [0.717, 1.165) is 16.7 Å². The molecule has 0 aliphatic rings. The second-order valence-electron chi connectivity index (χ2n) is 5.71. The van der Waals surface area contributed by atoms with Gasteiger partial charge in [-0.2, -0.15) is 10.4 Å². The Kier molecular flexibility index (Phi) is 4.01. The van der Waals surface area contributed by atoms with Crippen LogP contribution in [-0.4, -0.2) is 9.78 Å². The molecule has 0 radical (unpaired) electrons. The van der Waals surface area contributed by atoms with E-state index >= 15 is 0 Å². The van der Waals surface area contributed by atoms with E-state index in [4.69, 9.17) is 0 Å². The maximum Gasteiger partial charge on any atom is 0.170 e. The van der Waals surface area contributed by atoms with Crippen molar-refractivity contribution in [3.05, 3.63) is 77.9 Å². The highest BCUT2D eigenvalue weighted by Gasteiger charge is 2.14. The summed E-state index contributed by atoms with van der Waals surface area (Å²) in [5, 5.41) is 13.7. The highest BCUT2D eigenvalue weighted by molar-refractivity contribution is 5.69. The van der Waals surface area contributed by atoms with Crippen LogP contribution in [0.2, 0.25) is 0 Å². The third-order valence-corrected chi connectivity index (χ3v) is 3.87. The van der Waals surface area contributed by atoms with Crippen molar-refractivity contribution in [3.8, 4) is 22.9 Å². The molecule has 1 aromatic heterocycles. The number of hydrogen-bond donors (Lipinski definition) is 0. The minimum Gasteiger partial charge on any atom is -0.239 e. The van der Waals surface area contributed by atoms with E-state index in [0.29, 0.717) is 22.5 Å². The molecule has 1 heterocycles. The molecule has 0 fully saturated rings. The Morgan fingerprint density at radius 3 is 2.54 bits per heavy atom. The van der Waals surface area contributed by atoms with Gasteiger partial charge in [-0.1, -0.05) is 36.9 Å². The first kappa shape index (κ1) is 15.7. The maximum atomic E-state index is 14.4. The largest absolute Gasteiger partial charge is 0.239 e. The fourth-order valence-electron chi connectivity index (χ4n) is 2.82. The van der Waals surface area contributed by atoms with E-state index in [9.17, 15) is 9.65 Å². The molecule has 3 aromatic rings. The van der Waals surface area contributed by atoms with Gasteiger partial charge < -0.3 is 0 Å². The average Bonchev–Trinajstić information content (AvgIpc) is 2.99. The first-order chi connectivity index (χ1) is 11.5. The number of nitriles is 1. The molecule has 0 saturated heterocycles. The van der Waals surface area contributed by atoms with Crippen LogP contribution in [0.1, 0.15) is 23.7 Å². The predicted molar refractivity (Wildman–Crippen MR) is 93.1 cm³/mol. The summed E-state index contributed by atoms with van der Waals surface area (Å²) in [5.41, 5.74) is 4.50. The van der Waals surface area contributed by atoms with Crippen LogP contribution in [0.15, 0.2) is 55.2 Å². The smallest absolute Gasteiger partial charge is 0.170 e. The lowest BCUT2D eigenvalue weighted by Gasteiger charge is -2.10. The minimum atomic E-state index is -0.340. The van der Waals surface area contributed by atoms with Crippen molar-refractivity contribution in [2.24, 2.45) is 0 Å². The second-order valence-corrected chi connectivity index (χ2v) is 5.71. The molecule has 0 saturated carbocycles. The van der Waals surface area contributed by atoms with Gasteiger partial charge in [0.05, 0.1) is 5.69 Å². The summed E-state index contributed by atoms with van der Waals surface area (Å²) in [4.78, 5) is 0. The third-order valence-electron chi connectivity index (χ3n) is 3.87. The molecule has 118 valence electrons. The zero-order valence-corrected chi connectivity index (χ0v) is 13.5. The van der Waals surface area contributed by atoms with Gasteiger partial charge in [0, 0.05) is 23.4 Å². The van der Waals surface area contributed by atoms with Crippen molar-refractivity contribution in [1.29, 1.82) is 5.26 Å². The van der Waals surface area contributed by atoms with Crippen molar-refractivity contribution in [2.75, 3.05) is 0 Å². The van der Waals surface area contributed by atoms with E-state index < -0.39 is 0 Å². The summed E-state index contributed by atoms with van der Waals surface area (Å²) in [5.74, 6) is -0.340. The van der Waals surface area contributed by atoms with Crippen LogP contribution in [0.3, 0.4) is 0 Å². The summed E-state index contributed by atoms with van der Waals surface area (Å²) >= 11 is 0. The van der Waals surface area contributed by atoms with Gasteiger partial charge in [0.15, 0.2) is 5.69 Å². The Hall–Kier alpha value is -3.19. The topological polar surface area (TPSA) is 41.6 Å². The number of rotatable bonds is 3.